The zero-order valence-electron chi connectivity index (χ0n) is 17.4. The Balaban J connectivity index is 1.61. The first-order chi connectivity index (χ1) is 14.7. The van der Waals surface area contributed by atoms with E-state index in [0.29, 0.717) is 15.8 Å². The number of halogens is 3. The number of thioether (sulfide) groups is 1. The van der Waals surface area contributed by atoms with Crippen molar-refractivity contribution in [1.82, 2.24) is 9.88 Å². The minimum atomic E-state index is -4.40. The Hall–Kier alpha value is -2.48. The van der Waals surface area contributed by atoms with E-state index in [1.807, 2.05) is 19.9 Å². The molecule has 0 atom stereocenters. The lowest BCUT2D eigenvalue weighted by Crippen LogP contribution is -2.22. The number of carbonyl (C=O) groups is 1. The van der Waals surface area contributed by atoms with Gasteiger partial charge in [-0.15, -0.1) is 0 Å². The van der Waals surface area contributed by atoms with Crippen LogP contribution in [0.3, 0.4) is 0 Å². The zero-order valence-corrected chi connectivity index (χ0v) is 18.2. The largest absolute Gasteiger partial charge is 0.416 e. The van der Waals surface area contributed by atoms with Crippen LogP contribution in [0, 0.1) is 13.8 Å². The van der Waals surface area contributed by atoms with Crippen molar-refractivity contribution in [3.8, 4) is 5.69 Å². The summed E-state index contributed by atoms with van der Waals surface area (Å²) in [7, 11) is 0. The van der Waals surface area contributed by atoms with Crippen molar-refractivity contribution in [1.29, 1.82) is 0 Å². The summed E-state index contributed by atoms with van der Waals surface area (Å²) in [5.74, 6) is -0.191. The van der Waals surface area contributed by atoms with Gasteiger partial charge in [0.15, 0.2) is 5.17 Å². The number of alkyl halides is 3. The normalized spacial score (nSPS) is 20.6. The number of hydrogen-bond donors (Lipinski definition) is 1. The number of aromatic nitrogens is 1. The van der Waals surface area contributed by atoms with Gasteiger partial charge in [0.1, 0.15) is 0 Å². The van der Waals surface area contributed by atoms with Gasteiger partial charge < -0.3 is 9.88 Å². The summed E-state index contributed by atoms with van der Waals surface area (Å²) < 4.78 is 41.2. The number of benzene rings is 1. The van der Waals surface area contributed by atoms with E-state index in [4.69, 9.17) is 4.99 Å². The molecule has 0 radical (unpaired) electrons. The minimum absolute atomic E-state index is 0.191. The molecular weight excluding hydrogens is 423 g/mol. The lowest BCUT2D eigenvalue weighted by atomic mass is 9.96. The average Bonchev–Trinajstić information content (AvgIpc) is 3.20. The van der Waals surface area contributed by atoms with Crippen LogP contribution in [-0.4, -0.2) is 21.7 Å². The highest BCUT2D eigenvalue weighted by molar-refractivity contribution is 8.18. The quantitative estimate of drug-likeness (QED) is 0.586. The molecule has 4 nitrogen and oxygen atoms in total. The summed E-state index contributed by atoms with van der Waals surface area (Å²) in [5.41, 5.74) is 2.12. The molecule has 1 N–H and O–H groups in total. The van der Waals surface area contributed by atoms with E-state index in [2.05, 4.69) is 5.32 Å². The second-order valence-corrected chi connectivity index (χ2v) is 9.03. The fourth-order valence-corrected chi connectivity index (χ4v) is 5.04. The summed E-state index contributed by atoms with van der Waals surface area (Å²) in [6, 6.07) is 7.41. The Kier molecular flexibility index (Phi) is 6.01. The van der Waals surface area contributed by atoms with Gasteiger partial charge in [-0.05, 0) is 74.4 Å². The monoisotopic (exact) mass is 447 g/mol. The first-order valence-corrected chi connectivity index (χ1v) is 11.2. The van der Waals surface area contributed by atoms with Gasteiger partial charge in [0, 0.05) is 17.1 Å². The standard InChI is InChI=1S/C23H24F3N3OS/c1-14-11-16(15(2)29(14)19-10-6-7-17(13-19)23(24,25)26)12-20-21(30)28-22(31-20)27-18-8-4-3-5-9-18/h6-7,10-13,18H,3-5,8-9H2,1-2H3,(H,27,28,30). The summed E-state index contributed by atoms with van der Waals surface area (Å²) in [5, 5.41) is 3.48. The van der Waals surface area contributed by atoms with Crippen molar-refractivity contribution in [3.63, 3.8) is 0 Å². The fraction of sp³-hybridized carbons (Fsp3) is 0.391. The highest BCUT2D eigenvalue weighted by atomic mass is 32.2. The van der Waals surface area contributed by atoms with Gasteiger partial charge in [-0.1, -0.05) is 25.3 Å². The molecule has 4 rings (SSSR count). The number of amides is 1. The third-order valence-electron chi connectivity index (χ3n) is 5.71. The molecule has 1 aliphatic heterocycles. The number of rotatable bonds is 3. The second-order valence-electron chi connectivity index (χ2n) is 8.00. The van der Waals surface area contributed by atoms with E-state index >= 15 is 0 Å². The molecule has 1 saturated carbocycles. The van der Waals surface area contributed by atoms with Crippen LogP contribution in [0.2, 0.25) is 0 Å². The van der Waals surface area contributed by atoms with Crippen molar-refractivity contribution in [2.24, 2.45) is 4.99 Å². The molecular formula is C23H24F3N3OS. The number of amidine groups is 1. The van der Waals surface area contributed by atoms with E-state index in [-0.39, 0.29) is 11.9 Å². The Morgan fingerprint density at radius 1 is 1.16 bits per heavy atom. The molecule has 1 aromatic carbocycles. The lowest BCUT2D eigenvalue weighted by Gasteiger charge is -2.17. The van der Waals surface area contributed by atoms with Crippen molar-refractivity contribution in [3.05, 3.63) is 57.8 Å². The number of nitrogens with one attached hydrogen (secondary N) is 1. The Bertz CT molecular complexity index is 1060. The number of aliphatic imine (C=N–C) groups is 1. The molecule has 1 aromatic heterocycles. The fourth-order valence-electron chi connectivity index (χ4n) is 4.16. The number of nitrogens with zero attached hydrogens (tertiary/aromatic N) is 2. The molecule has 1 amide bonds. The van der Waals surface area contributed by atoms with Gasteiger partial charge in [-0.25, -0.2) is 0 Å². The van der Waals surface area contributed by atoms with Crippen LogP contribution in [0.4, 0.5) is 13.2 Å². The molecule has 1 saturated heterocycles. The predicted octanol–water partition coefficient (Wildman–Crippen LogP) is 6.01. The SMILES string of the molecule is Cc1cc(C=C2SC(=NC3CCCCC3)NC2=O)c(C)n1-c1cccc(C(F)(F)F)c1. The van der Waals surface area contributed by atoms with Crippen LogP contribution in [0.15, 0.2) is 40.2 Å². The zero-order chi connectivity index (χ0) is 22.2. The first kappa shape index (κ1) is 21.7. The third-order valence-corrected chi connectivity index (χ3v) is 6.64. The van der Waals surface area contributed by atoms with Crippen LogP contribution in [-0.2, 0) is 11.0 Å². The first-order valence-electron chi connectivity index (χ1n) is 10.4. The Morgan fingerprint density at radius 2 is 1.90 bits per heavy atom. The Labute approximate surface area is 183 Å². The van der Waals surface area contributed by atoms with Crippen molar-refractivity contribution in [2.45, 2.75) is 58.2 Å². The van der Waals surface area contributed by atoms with Gasteiger partial charge in [-0.2, -0.15) is 13.2 Å². The maximum Gasteiger partial charge on any atom is 0.416 e. The molecule has 2 fully saturated rings. The maximum absolute atomic E-state index is 13.1. The highest BCUT2D eigenvalue weighted by Crippen LogP contribution is 2.33. The van der Waals surface area contributed by atoms with E-state index in [1.165, 1.54) is 37.1 Å². The van der Waals surface area contributed by atoms with Crippen molar-refractivity contribution < 1.29 is 18.0 Å². The van der Waals surface area contributed by atoms with E-state index in [9.17, 15) is 18.0 Å². The predicted molar refractivity (Wildman–Crippen MR) is 118 cm³/mol. The van der Waals surface area contributed by atoms with E-state index < -0.39 is 11.7 Å². The van der Waals surface area contributed by atoms with Crippen LogP contribution in [0.1, 0.15) is 54.6 Å². The van der Waals surface area contributed by atoms with Crippen LogP contribution in [0.5, 0.6) is 0 Å². The molecule has 2 aromatic rings. The van der Waals surface area contributed by atoms with Crippen molar-refractivity contribution >= 4 is 28.9 Å². The highest BCUT2D eigenvalue weighted by Gasteiger charge is 2.31. The maximum atomic E-state index is 13.1. The number of hydrogen-bond acceptors (Lipinski definition) is 3. The third kappa shape index (κ3) is 4.74. The molecule has 1 aliphatic carbocycles. The van der Waals surface area contributed by atoms with Crippen LogP contribution >= 0.6 is 11.8 Å². The number of aryl methyl sites for hydroxylation is 1. The van der Waals surface area contributed by atoms with Crippen molar-refractivity contribution in [2.75, 3.05) is 0 Å². The molecule has 2 heterocycles. The second kappa shape index (κ2) is 8.57. The summed E-state index contributed by atoms with van der Waals surface area (Å²) in [6.07, 6.45) is 3.08. The molecule has 164 valence electrons. The summed E-state index contributed by atoms with van der Waals surface area (Å²) in [4.78, 5) is 17.7. The molecule has 0 bridgehead atoms. The Morgan fingerprint density at radius 3 is 2.61 bits per heavy atom. The van der Waals surface area contributed by atoms with Gasteiger partial charge in [0.25, 0.3) is 5.91 Å². The van der Waals surface area contributed by atoms with Gasteiger partial charge in [0.2, 0.25) is 0 Å². The summed E-state index contributed by atoms with van der Waals surface area (Å²) in [6.45, 7) is 3.68. The van der Waals surface area contributed by atoms with Gasteiger partial charge >= 0.3 is 6.18 Å². The van der Waals surface area contributed by atoms with Crippen LogP contribution in [0.25, 0.3) is 11.8 Å². The molecule has 2 aliphatic rings. The molecule has 0 unspecified atom stereocenters. The minimum Gasteiger partial charge on any atom is -0.318 e. The van der Waals surface area contributed by atoms with E-state index in [0.717, 1.165) is 41.9 Å². The van der Waals surface area contributed by atoms with E-state index in [1.54, 1.807) is 16.7 Å². The number of carbonyl (C=O) groups excluding carboxylic acids is 1. The lowest BCUT2D eigenvalue weighted by molar-refractivity contribution is -0.137. The van der Waals surface area contributed by atoms with Gasteiger partial charge in [0.05, 0.1) is 16.5 Å². The summed E-state index contributed by atoms with van der Waals surface area (Å²) >= 11 is 1.33. The molecule has 31 heavy (non-hydrogen) atoms. The molecule has 0 spiro atoms. The average molecular weight is 448 g/mol. The molecule has 8 heteroatoms. The van der Waals surface area contributed by atoms with Crippen LogP contribution < -0.4 is 5.32 Å². The smallest absolute Gasteiger partial charge is 0.318 e. The topological polar surface area (TPSA) is 46.4 Å². The van der Waals surface area contributed by atoms with Gasteiger partial charge in [-0.3, -0.25) is 9.79 Å².